The highest BCUT2D eigenvalue weighted by molar-refractivity contribution is 6.05. The Morgan fingerprint density at radius 1 is 1.62 bits per heavy atom. The fourth-order valence-electron chi connectivity index (χ4n) is 1.71. The van der Waals surface area contributed by atoms with Gasteiger partial charge in [-0.3, -0.25) is 14.9 Å². The molecule has 1 unspecified atom stereocenters. The highest BCUT2D eigenvalue weighted by Gasteiger charge is 2.29. The van der Waals surface area contributed by atoms with Gasteiger partial charge in [-0.05, 0) is 0 Å². The number of aromatic nitrogens is 2. The molecule has 2 N–H and O–H groups in total. The summed E-state index contributed by atoms with van der Waals surface area (Å²) in [6.45, 7) is 0.635. The summed E-state index contributed by atoms with van der Waals surface area (Å²) >= 11 is 0. The number of nitrogens with one attached hydrogen (secondary N) is 2. The van der Waals surface area contributed by atoms with E-state index < -0.39 is 0 Å². The number of imidazole rings is 1. The first-order valence-corrected chi connectivity index (χ1v) is 5.20. The van der Waals surface area contributed by atoms with Gasteiger partial charge in [0, 0.05) is 32.4 Å². The van der Waals surface area contributed by atoms with Gasteiger partial charge in [0.25, 0.3) is 0 Å². The minimum absolute atomic E-state index is 0.209. The molecule has 0 aromatic carbocycles. The van der Waals surface area contributed by atoms with Crippen LogP contribution in [-0.4, -0.2) is 34.0 Å². The van der Waals surface area contributed by atoms with Gasteiger partial charge in [-0.1, -0.05) is 0 Å². The standard InChI is InChI=1S/C10H14N4O2/c1-14-5-4-12-8(14)2-3-11-7-6-9(15)13-10(7)16/h4-5,7,11H,2-3,6H2,1H3,(H,13,15,16). The topological polar surface area (TPSA) is 76.0 Å². The van der Waals surface area contributed by atoms with E-state index in [4.69, 9.17) is 0 Å². The molecule has 6 heteroatoms. The normalized spacial score (nSPS) is 20.2. The number of carbonyl (C=O) groups excluding carboxylic acids is 2. The first kappa shape index (κ1) is 10.8. The fourth-order valence-corrected chi connectivity index (χ4v) is 1.71. The van der Waals surface area contributed by atoms with Crippen LogP contribution in [0, 0.1) is 0 Å². The number of hydrogen-bond donors (Lipinski definition) is 2. The highest BCUT2D eigenvalue weighted by atomic mass is 16.2. The van der Waals surface area contributed by atoms with E-state index in [2.05, 4.69) is 15.6 Å². The summed E-state index contributed by atoms with van der Waals surface area (Å²) in [5.41, 5.74) is 0. The number of hydrogen-bond acceptors (Lipinski definition) is 4. The molecule has 1 aliphatic rings. The summed E-state index contributed by atoms with van der Waals surface area (Å²) < 4.78 is 1.93. The van der Waals surface area contributed by atoms with Crippen LogP contribution in [0.2, 0.25) is 0 Å². The number of rotatable bonds is 4. The second-order valence-corrected chi connectivity index (χ2v) is 3.83. The lowest BCUT2D eigenvalue weighted by molar-refractivity contribution is -0.125. The van der Waals surface area contributed by atoms with Crippen molar-refractivity contribution in [2.24, 2.45) is 7.05 Å². The van der Waals surface area contributed by atoms with Gasteiger partial charge in [-0.25, -0.2) is 4.98 Å². The van der Waals surface area contributed by atoms with Crippen molar-refractivity contribution in [2.45, 2.75) is 18.9 Å². The molecule has 2 rings (SSSR count). The third-order valence-electron chi connectivity index (χ3n) is 2.63. The summed E-state index contributed by atoms with van der Waals surface area (Å²) in [6.07, 6.45) is 4.59. The Hall–Kier alpha value is -1.69. The number of amides is 2. The van der Waals surface area contributed by atoms with Gasteiger partial charge in [0.15, 0.2) is 0 Å². The van der Waals surface area contributed by atoms with Crippen LogP contribution in [0.5, 0.6) is 0 Å². The quantitative estimate of drug-likeness (QED) is 0.638. The van der Waals surface area contributed by atoms with Crippen LogP contribution in [-0.2, 0) is 23.1 Å². The third kappa shape index (κ3) is 2.27. The van der Waals surface area contributed by atoms with Gasteiger partial charge in [0.2, 0.25) is 11.8 Å². The zero-order valence-electron chi connectivity index (χ0n) is 9.06. The Bertz CT molecular complexity index is 413. The van der Waals surface area contributed by atoms with Crippen molar-refractivity contribution in [3.63, 3.8) is 0 Å². The van der Waals surface area contributed by atoms with Crippen molar-refractivity contribution in [3.8, 4) is 0 Å². The molecule has 16 heavy (non-hydrogen) atoms. The predicted molar refractivity (Wildman–Crippen MR) is 56.5 cm³/mol. The molecular formula is C10H14N4O2. The van der Waals surface area contributed by atoms with Crippen LogP contribution >= 0.6 is 0 Å². The lowest BCUT2D eigenvalue weighted by Gasteiger charge is -2.08. The molecule has 0 aliphatic carbocycles. The number of aryl methyl sites for hydroxylation is 1. The zero-order chi connectivity index (χ0) is 11.5. The molecule has 2 heterocycles. The molecule has 1 aromatic heterocycles. The number of nitrogens with zero attached hydrogens (tertiary/aromatic N) is 2. The van der Waals surface area contributed by atoms with E-state index in [1.165, 1.54) is 0 Å². The lowest BCUT2D eigenvalue weighted by Crippen LogP contribution is -2.37. The van der Waals surface area contributed by atoms with Crippen LogP contribution in [0.25, 0.3) is 0 Å². The summed E-state index contributed by atoms with van der Waals surface area (Å²) in [5, 5.41) is 5.30. The van der Waals surface area contributed by atoms with Crippen molar-refractivity contribution in [2.75, 3.05) is 6.54 Å². The summed E-state index contributed by atoms with van der Waals surface area (Å²) in [4.78, 5) is 26.3. The smallest absolute Gasteiger partial charge is 0.244 e. The van der Waals surface area contributed by atoms with E-state index in [9.17, 15) is 9.59 Å². The molecular weight excluding hydrogens is 208 g/mol. The zero-order valence-corrected chi connectivity index (χ0v) is 9.06. The van der Waals surface area contributed by atoms with E-state index in [0.29, 0.717) is 6.54 Å². The van der Waals surface area contributed by atoms with Crippen molar-refractivity contribution in [1.82, 2.24) is 20.2 Å². The van der Waals surface area contributed by atoms with Crippen molar-refractivity contribution < 1.29 is 9.59 Å². The first-order valence-electron chi connectivity index (χ1n) is 5.20. The van der Waals surface area contributed by atoms with Gasteiger partial charge in [-0.15, -0.1) is 0 Å². The van der Waals surface area contributed by atoms with Gasteiger partial charge in [-0.2, -0.15) is 0 Å². The molecule has 6 nitrogen and oxygen atoms in total. The van der Waals surface area contributed by atoms with Gasteiger partial charge >= 0.3 is 0 Å². The predicted octanol–water partition coefficient (Wildman–Crippen LogP) is -1.03. The summed E-state index contributed by atoms with van der Waals surface area (Å²) in [7, 11) is 1.92. The molecule has 1 fully saturated rings. The van der Waals surface area contributed by atoms with E-state index in [0.717, 1.165) is 12.2 Å². The van der Waals surface area contributed by atoms with E-state index in [1.807, 2.05) is 17.8 Å². The minimum Gasteiger partial charge on any atom is -0.338 e. The fraction of sp³-hybridized carbons (Fsp3) is 0.500. The summed E-state index contributed by atoms with van der Waals surface area (Å²) in [6, 6.07) is -0.382. The Balaban J connectivity index is 1.78. The van der Waals surface area contributed by atoms with E-state index in [1.54, 1.807) is 6.20 Å². The Kier molecular flexibility index (Phi) is 3.00. The maximum absolute atomic E-state index is 11.2. The second-order valence-electron chi connectivity index (χ2n) is 3.83. The molecule has 1 saturated heterocycles. The Morgan fingerprint density at radius 3 is 3.00 bits per heavy atom. The monoisotopic (exact) mass is 222 g/mol. The van der Waals surface area contributed by atoms with E-state index >= 15 is 0 Å². The molecule has 86 valence electrons. The number of carbonyl (C=O) groups is 2. The number of imide groups is 1. The molecule has 1 aromatic rings. The third-order valence-corrected chi connectivity index (χ3v) is 2.63. The van der Waals surface area contributed by atoms with Crippen LogP contribution in [0.15, 0.2) is 12.4 Å². The molecule has 0 radical (unpaired) electrons. The minimum atomic E-state index is -0.382. The molecule has 1 aliphatic heterocycles. The van der Waals surface area contributed by atoms with Gasteiger partial charge in [0.1, 0.15) is 5.82 Å². The van der Waals surface area contributed by atoms with Crippen LogP contribution in [0.3, 0.4) is 0 Å². The SMILES string of the molecule is Cn1ccnc1CCNC1CC(=O)NC1=O. The molecule has 0 bridgehead atoms. The Morgan fingerprint density at radius 2 is 2.44 bits per heavy atom. The largest absolute Gasteiger partial charge is 0.338 e. The van der Waals surface area contributed by atoms with E-state index in [-0.39, 0.29) is 24.3 Å². The maximum atomic E-state index is 11.2. The maximum Gasteiger partial charge on any atom is 0.244 e. The average molecular weight is 222 g/mol. The average Bonchev–Trinajstić information content (AvgIpc) is 2.75. The Labute approximate surface area is 93.0 Å². The second kappa shape index (κ2) is 4.44. The lowest BCUT2D eigenvalue weighted by atomic mass is 10.2. The van der Waals surface area contributed by atoms with Crippen molar-refractivity contribution in [1.29, 1.82) is 0 Å². The van der Waals surface area contributed by atoms with Crippen LogP contribution in [0.1, 0.15) is 12.2 Å². The highest BCUT2D eigenvalue weighted by Crippen LogP contribution is 2.01. The van der Waals surface area contributed by atoms with Crippen LogP contribution in [0.4, 0.5) is 0 Å². The van der Waals surface area contributed by atoms with Crippen molar-refractivity contribution in [3.05, 3.63) is 18.2 Å². The molecule has 2 amide bonds. The van der Waals surface area contributed by atoms with Crippen molar-refractivity contribution >= 4 is 11.8 Å². The molecule has 0 saturated carbocycles. The van der Waals surface area contributed by atoms with Gasteiger partial charge < -0.3 is 9.88 Å². The van der Waals surface area contributed by atoms with Crippen LogP contribution < -0.4 is 10.6 Å². The molecule has 0 spiro atoms. The van der Waals surface area contributed by atoms with Gasteiger partial charge in [0.05, 0.1) is 12.5 Å². The molecule has 1 atom stereocenters. The first-order chi connectivity index (χ1) is 7.66. The summed E-state index contributed by atoms with van der Waals surface area (Å²) in [5.74, 6) is 0.515.